The standard InChI is InChI=1S/C9H13NO3/c1-2-5-12-6-7-3-4-8(13-7)9(10)11/h3-4H,2,5-6H2,1H3,(H2,10,11). The Kier molecular flexibility index (Phi) is 3.52. The van der Waals surface area contributed by atoms with Crippen LogP contribution in [0.1, 0.15) is 29.7 Å². The lowest BCUT2D eigenvalue weighted by Crippen LogP contribution is -2.09. The molecule has 0 unspecified atom stereocenters. The van der Waals surface area contributed by atoms with Gasteiger partial charge in [-0.05, 0) is 18.6 Å². The van der Waals surface area contributed by atoms with Crippen molar-refractivity contribution >= 4 is 5.91 Å². The molecule has 2 N–H and O–H groups in total. The number of carbonyl (C=O) groups excluding carboxylic acids is 1. The van der Waals surface area contributed by atoms with Crippen molar-refractivity contribution in [1.29, 1.82) is 0 Å². The number of amides is 1. The first-order valence-corrected chi connectivity index (χ1v) is 4.20. The number of hydrogen-bond acceptors (Lipinski definition) is 3. The fourth-order valence-corrected chi connectivity index (χ4v) is 0.905. The molecule has 1 aromatic heterocycles. The number of carbonyl (C=O) groups is 1. The average molecular weight is 183 g/mol. The van der Waals surface area contributed by atoms with Gasteiger partial charge in [-0.3, -0.25) is 4.79 Å². The molecule has 0 saturated carbocycles. The van der Waals surface area contributed by atoms with Gasteiger partial charge < -0.3 is 14.9 Å². The van der Waals surface area contributed by atoms with Crippen molar-refractivity contribution in [2.45, 2.75) is 20.0 Å². The third-order valence-electron chi connectivity index (χ3n) is 1.50. The highest BCUT2D eigenvalue weighted by Gasteiger charge is 2.06. The van der Waals surface area contributed by atoms with Crippen molar-refractivity contribution in [2.24, 2.45) is 5.73 Å². The molecule has 1 heterocycles. The SMILES string of the molecule is CCCOCc1ccc(C(N)=O)o1. The van der Waals surface area contributed by atoms with Gasteiger partial charge in [0.05, 0.1) is 0 Å². The van der Waals surface area contributed by atoms with Crippen molar-refractivity contribution in [3.05, 3.63) is 23.7 Å². The molecular weight excluding hydrogens is 170 g/mol. The van der Waals surface area contributed by atoms with Gasteiger partial charge in [0.1, 0.15) is 12.4 Å². The van der Waals surface area contributed by atoms with Crippen molar-refractivity contribution in [3.8, 4) is 0 Å². The molecule has 72 valence electrons. The molecule has 0 aliphatic carbocycles. The third-order valence-corrected chi connectivity index (χ3v) is 1.50. The summed E-state index contributed by atoms with van der Waals surface area (Å²) in [4.78, 5) is 10.6. The Morgan fingerprint density at radius 3 is 2.92 bits per heavy atom. The van der Waals surface area contributed by atoms with Crippen LogP contribution in [0.2, 0.25) is 0 Å². The largest absolute Gasteiger partial charge is 0.453 e. The number of ether oxygens (including phenoxy) is 1. The second-order valence-electron chi connectivity index (χ2n) is 2.68. The predicted molar refractivity (Wildman–Crippen MR) is 47.2 cm³/mol. The summed E-state index contributed by atoms with van der Waals surface area (Å²) in [7, 11) is 0. The van der Waals surface area contributed by atoms with Crippen LogP contribution in [-0.4, -0.2) is 12.5 Å². The molecule has 0 bridgehead atoms. The number of hydrogen-bond donors (Lipinski definition) is 1. The molecule has 0 aliphatic rings. The van der Waals surface area contributed by atoms with E-state index in [0.29, 0.717) is 19.0 Å². The van der Waals surface area contributed by atoms with Gasteiger partial charge in [0.25, 0.3) is 5.91 Å². The monoisotopic (exact) mass is 183 g/mol. The van der Waals surface area contributed by atoms with E-state index in [1.165, 1.54) is 0 Å². The Hall–Kier alpha value is -1.29. The number of furan rings is 1. The summed E-state index contributed by atoms with van der Waals surface area (Å²) in [6.07, 6.45) is 0.962. The molecule has 13 heavy (non-hydrogen) atoms. The molecule has 4 nitrogen and oxygen atoms in total. The normalized spacial score (nSPS) is 10.2. The maximum Gasteiger partial charge on any atom is 0.284 e. The van der Waals surface area contributed by atoms with Gasteiger partial charge in [-0.1, -0.05) is 6.92 Å². The summed E-state index contributed by atoms with van der Waals surface area (Å²) in [5, 5.41) is 0. The summed E-state index contributed by atoms with van der Waals surface area (Å²) < 4.78 is 10.3. The first-order chi connectivity index (χ1) is 6.24. The zero-order chi connectivity index (χ0) is 9.68. The Labute approximate surface area is 76.7 Å². The molecule has 1 rings (SSSR count). The molecule has 1 amide bonds. The minimum absolute atomic E-state index is 0.176. The zero-order valence-electron chi connectivity index (χ0n) is 7.58. The second kappa shape index (κ2) is 4.67. The van der Waals surface area contributed by atoms with Crippen LogP contribution >= 0.6 is 0 Å². The van der Waals surface area contributed by atoms with E-state index in [0.717, 1.165) is 6.42 Å². The second-order valence-corrected chi connectivity index (χ2v) is 2.68. The highest BCUT2D eigenvalue weighted by molar-refractivity contribution is 5.89. The summed E-state index contributed by atoms with van der Waals surface area (Å²) in [6, 6.07) is 3.24. The van der Waals surface area contributed by atoms with Gasteiger partial charge in [0.2, 0.25) is 0 Å². The first kappa shape index (κ1) is 9.80. The Balaban J connectivity index is 2.44. The molecular formula is C9H13NO3. The van der Waals surface area contributed by atoms with E-state index in [9.17, 15) is 4.79 Å². The topological polar surface area (TPSA) is 65.5 Å². The molecule has 1 aromatic rings. The van der Waals surface area contributed by atoms with E-state index >= 15 is 0 Å². The number of rotatable bonds is 5. The average Bonchev–Trinajstić information content (AvgIpc) is 2.53. The van der Waals surface area contributed by atoms with E-state index in [4.69, 9.17) is 14.9 Å². The number of nitrogens with two attached hydrogens (primary N) is 1. The van der Waals surface area contributed by atoms with Crippen LogP contribution in [0.25, 0.3) is 0 Å². The van der Waals surface area contributed by atoms with Crippen LogP contribution in [0, 0.1) is 0 Å². The van der Waals surface area contributed by atoms with E-state index in [-0.39, 0.29) is 5.76 Å². The Morgan fingerprint density at radius 1 is 1.62 bits per heavy atom. The van der Waals surface area contributed by atoms with Gasteiger partial charge in [0, 0.05) is 6.61 Å². The van der Waals surface area contributed by atoms with Gasteiger partial charge in [0.15, 0.2) is 5.76 Å². The molecule has 0 radical (unpaired) electrons. The lowest BCUT2D eigenvalue weighted by molar-refractivity contribution is 0.0936. The van der Waals surface area contributed by atoms with E-state index in [1.807, 2.05) is 6.92 Å². The molecule has 0 fully saturated rings. The smallest absolute Gasteiger partial charge is 0.284 e. The number of primary amides is 1. The summed E-state index contributed by atoms with van der Waals surface area (Å²) in [5.74, 6) is 0.249. The van der Waals surface area contributed by atoms with E-state index < -0.39 is 5.91 Å². The van der Waals surface area contributed by atoms with Crippen molar-refractivity contribution < 1.29 is 13.9 Å². The fourth-order valence-electron chi connectivity index (χ4n) is 0.905. The summed E-state index contributed by atoms with van der Waals surface area (Å²) in [5.41, 5.74) is 5.01. The molecule has 4 heteroatoms. The Morgan fingerprint density at radius 2 is 2.38 bits per heavy atom. The van der Waals surface area contributed by atoms with Crippen molar-refractivity contribution in [2.75, 3.05) is 6.61 Å². The van der Waals surface area contributed by atoms with Crippen LogP contribution in [0.5, 0.6) is 0 Å². The third kappa shape index (κ3) is 2.91. The zero-order valence-corrected chi connectivity index (χ0v) is 7.58. The van der Waals surface area contributed by atoms with E-state index in [2.05, 4.69) is 0 Å². The van der Waals surface area contributed by atoms with Crippen LogP contribution in [0.15, 0.2) is 16.5 Å². The maximum absolute atomic E-state index is 10.6. The van der Waals surface area contributed by atoms with Crippen molar-refractivity contribution in [3.63, 3.8) is 0 Å². The molecule has 0 atom stereocenters. The first-order valence-electron chi connectivity index (χ1n) is 4.20. The van der Waals surface area contributed by atoms with Gasteiger partial charge in [-0.25, -0.2) is 0 Å². The highest BCUT2D eigenvalue weighted by Crippen LogP contribution is 2.08. The molecule has 0 aliphatic heterocycles. The summed E-state index contributed by atoms with van der Waals surface area (Å²) in [6.45, 7) is 3.10. The van der Waals surface area contributed by atoms with Gasteiger partial charge in [-0.15, -0.1) is 0 Å². The van der Waals surface area contributed by atoms with Crippen LogP contribution < -0.4 is 5.73 Å². The van der Waals surface area contributed by atoms with Gasteiger partial charge >= 0.3 is 0 Å². The lowest BCUT2D eigenvalue weighted by Gasteiger charge is -1.97. The Bertz CT molecular complexity index is 280. The molecule has 0 spiro atoms. The lowest BCUT2D eigenvalue weighted by atomic mass is 10.4. The minimum Gasteiger partial charge on any atom is -0.453 e. The summed E-state index contributed by atoms with van der Waals surface area (Å²) >= 11 is 0. The van der Waals surface area contributed by atoms with Crippen LogP contribution in [-0.2, 0) is 11.3 Å². The van der Waals surface area contributed by atoms with Crippen molar-refractivity contribution in [1.82, 2.24) is 0 Å². The van der Waals surface area contributed by atoms with Crippen LogP contribution in [0.3, 0.4) is 0 Å². The van der Waals surface area contributed by atoms with Gasteiger partial charge in [-0.2, -0.15) is 0 Å². The minimum atomic E-state index is -0.554. The molecule has 0 saturated heterocycles. The van der Waals surface area contributed by atoms with Crippen LogP contribution in [0.4, 0.5) is 0 Å². The predicted octanol–water partition coefficient (Wildman–Crippen LogP) is 1.31. The fraction of sp³-hybridized carbons (Fsp3) is 0.444. The molecule has 0 aromatic carbocycles. The highest BCUT2D eigenvalue weighted by atomic mass is 16.5. The quantitative estimate of drug-likeness (QED) is 0.700. The maximum atomic E-state index is 10.6. The van der Waals surface area contributed by atoms with E-state index in [1.54, 1.807) is 12.1 Å².